The first-order valence-electron chi connectivity index (χ1n) is 20.3. The molecule has 0 aromatic heterocycles. The third kappa shape index (κ3) is 86.2. The molecule has 0 unspecified atom stereocenters. The quantitative estimate of drug-likeness (QED) is 0.156. The maximum Gasteiger partial charge on any atom is -0.0383 e. The van der Waals surface area contributed by atoms with Gasteiger partial charge in [0.1, 0.15) is 0 Å². The Morgan fingerprint density at radius 2 is 0.400 bits per heavy atom. The zero-order chi connectivity index (χ0) is 36.6. The molecule has 0 aliphatic rings. The molecule has 0 nitrogen and oxygen atoms in total. The van der Waals surface area contributed by atoms with Crippen molar-refractivity contribution in [3.05, 3.63) is 0 Å². The molecule has 0 heterocycles. The summed E-state index contributed by atoms with van der Waals surface area (Å²) in [6.07, 6.45) is 27.7. The average molecular weight is 641 g/mol. The number of hydrogen-bond acceptors (Lipinski definition) is 0. The maximum atomic E-state index is 2.33. The molecule has 0 aliphatic heterocycles. The number of unbranched alkanes of at least 4 members (excludes halogenated alkanes) is 10. The fourth-order valence-electron chi connectivity index (χ4n) is 4.70. The summed E-state index contributed by atoms with van der Waals surface area (Å²) in [4.78, 5) is 0. The molecule has 280 valence electrons. The van der Waals surface area contributed by atoms with Crippen molar-refractivity contribution in [1.82, 2.24) is 0 Å². The zero-order valence-corrected chi connectivity index (χ0v) is 36.6. The predicted octanol–water partition coefficient (Wildman–Crippen LogP) is 18.1. The summed E-state index contributed by atoms with van der Waals surface area (Å²) in [6.45, 7) is 45.8. The van der Waals surface area contributed by atoms with Crippen molar-refractivity contribution in [3.8, 4) is 0 Å². The molecule has 0 rings (SSSR count). The molecule has 0 amide bonds. The van der Waals surface area contributed by atoms with Crippen molar-refractivity contribution < 1.29 is 0 Å². The van der Waals surface area contributed by atoms with Gasteiger partial charge in [0, 0.05) is 0 Å². The van der Waals surface area contributed by atoms with Crippen LogP contribution in [0.1, 0.15) is 267 Å². The van der Waals surface area contributed by atoms with Crippen molar-refractivity contribution in [2.75, 3.05) is 0 Å². The van der Waals surface area contributed by atoms with Crippen LogP contribution in [0.4, 0.5) is 0 Å². The standard InChI is InChI=1S/C11H24.C10H22.C9H20.C8H18.C7H16/c1-5-6-7-8-9-10-11(2,3)4;1-5-6-7-8-9-10(2,3)4;1-5-6-7-8-9(2,3)4;1-5-6-7-8(2,3)4;1-5-6-7(2,3)4/h5-10H2,1-4H3;5-9H2,1-4H3;5-8H2,1-4H3;5-7H2,1-4H3;5-6H2,1-4H3. The summed E-state index contributed by atoms with van der Waals surface area (Å²) in [5.41, 5.74) is 2.75. The van der Waals surface area contributed by atoms with Gasteiger partial charge in [0.2, 0.25) is 0 Å². The van der Waals surface area contributed by atoms with Gasteiger partial charge in [-0.15, -0.1) is 0 Å². The van der Waals surface area contributed by atoms with E-state index in [4.69, 9.17) is 0 Å². The third-order valence-electron chi connectivity index (χ3n) is 7.62. The molecule has 0 aromatic rings. The summed E-state index contributed by atoms with van der Waals surface area (Å²) < 4.78 is 0. The summed E-state index contributed by atoms with van der Waals surface area (Å²) >= 11 is 0. The highest BCUT2D eigenvalue weighted by molar-refractivity contribution is 4.62. The van der Waals surface area contributed by atoms with Crippen LogP contribution in [0.2, 0.25) is 0 Å². The van der Waals surface area contributed by atoms with Crippen LogP contribution in [0.25, 0.3) is 0 Å². The van der Waals surface area contributed by atoms with Gasteiger partial charge < -0.3 is 0 Å². The lowest BCUT2D eigenvalue weighted by Crippen LogP contribution is -2.03. The second kappa shape index (κ2) is 32.5. The molecule has 0 bridgehead atoms. The molecule has 0 spiro atoms. The summed E-state index contributed by atoms with van der Waals surface area (Å²) in [5, 5.41) is 0. The van der Waals surface area contributed by atoms with Crippen molar-refractivity contribution >= 4 is 0 Å². The first-order valence-corrected chi connectivity index (χ1v) is 20.3. The van der Waals surface area contributed by atoms with Crippen LogP contribution in [0.5, 0.6) is 0 Å². The van der Waals surface area contributed by atoms with Crippen LogP contribution in [0.15, 0.2) is 0 Å². The van der Waals surface area contributed by atoms with Crippen molar-refractivity contribution in [2.45, 2.75) is 267 Å². The second-order valence-electron chi connectivity index (χ2n) is 20.1. The highest BCUT2D eigenvalue weighted by Gasteiger charge is 2.10. The van der Waals surface area contributed by atoms with E-state index in [0.29, 0.717) is 27.1 Å². The van der Waals surface area contributed by atoms with E-state index < -0.39 is 0 Å². The zero-order valence-electron chi connectivity index (χ0n) is 36.6. The third-order valence-corrected chi connectivity index (χ3v) is 7.62. The summed E-state index contributed by atoms with van der Waals surface area (Å²) in [7, 11) is 0. The minimum atomic E-state index is 0.548. The van der Waals surface area contributed by atoms with Crippen LogP contribution in [0, 0.1) is 27.1 Å². The van der Waals surface area contributed by atoms with Gasteiger partial charge in [0.05, 0.1) is 0 Å². The molecule has 0 saturated carbocycles. The minimum Gasteiger partial charge on any atom is -0.0654 e. The largest absolute Gasteiger partial charge is 0.0654 e. The Kier molecular flexibility index (Phi) is 39.4. The van der Waals surface area contributed by atoms with Crippen LogP contribution >= 0.6 is 0 Å². The molecule has 0 aliphatic carbocycles. The average Bonchev–Trinajstić information content (AvgIpc) is 2.84. The first-order chi connectivity index (χ1) is 20.3. The lowest BCUT2D eigenvalue weighted by atomic mass is 9.89. The van der Waals surface area contributed by atoms with Crippen LogP contribution in [0.3, 0.4) is 0 Å². The smallest absolute Gasteiger partial charge is 0.0383 e. The molecule has 45 heavy (non-hydrogen) atoms. The Bertz CT molecular complexity index is 517. The van der Waals surface area contributed by atoms with Gasteiger partial charge in [-0.05, 0) is 59.2 Å². The molecular weight excluding hydrogens is 540 g/mol. The SMILES string of the molecule is CCCC(C)(C)C.CCCCC(C)(C)C.CCCCCC(C)(C)C.CCCCCCC(C)(C)C.CCCCCCCC(C)(C)C. The Morgan fingerprint density at radius 3 is 0.600 bits per heavy atom. The van der Waals surface area contributed by atoms with E-state index in [2.05, 4.69) is 138 Å². The fourth-order valence-corrected chi connectivity index (χ4v) is 4.70. The normalized spacial score (nSPS) is 12.0. The van der Waals surface area contributed by atoms with E-state index >= 15 is 0 Å². The van der Waals surface area contributed by atoms with Gasteiger partial charge in [-0.3, -0.25) is 0 Å². The van der Waals surface area contributed by atoms with Crippen LogP contribution in [-0.2, 0) is 0 Å². The highest BCUT2D eigenvalue weighted by Crippen LogP contribution is 2.24. The molecule has 0 aromatic carbocycles. The Labute approximate surface area is 293 Å². The lowest BCUT2D eigenvalue weighted by Gasteiger charge is -2.17. The molecule has 0 N–H and O–H groups in total. The van der Waals surface area contributed by atoms with E-state index in [1.54, 1.807) is 0 Å². The molecule has 0 fully saturated rings. The number of rotatable bonds is 15. The molecular formula is C45H100. The molecule has 0 heteroatoms. The van der Waals surface area contributed by atoms with Crippen molar-refractivity contribution in [2.24, 2.45) is 27.1 Å². The van der Waals surface area contributed by atoms with E-state index in [1.165, 1.54) is 128 Å². The molecule has 0 saturated heterocycles. The predicted molar refractivity (Wildman–Crippen MR) is 218 cm³/mol. The molecule has 0 radical (unpaired) electrons. The topological polar surface area (TPSA) is 0 Å². The van der Waals surface area contributed by atoms with Gasteiger partial charge in [0.15, 0.2) is 0 Å². The van der Waals surface area contributed by atoms with Crippen molar-refractivity contribution in [1.29, 1.82) is 0 Å². The van der Waals surface area contributed by atoms with Crippen molar-refractivity contribution in [3.63, 3.8) is 0 Å². The van der Waals surface area contributed by atoms with Gasteiger partial charge >= 0.3 is 0 Å². The van der Waals surface area contributed by atoms with Crippen LogP contribution < -0.4 is 0 Å². The first kappa shape index (κ1) is 54.5. The molecule has 0 atom stereocenters. The van der Waals surface area contributed by atoms with Gasteiger partial charge in [-0.2, -0.15) is 0 Å². The Morgan fingerprint density at radius 1 is 0.200 bits per heavy atom. The second-order valence-corrected chi connectivity index (χ2v) is 20.1. The highest BCUT2D eigenvalue weighted by atomic mass is 14.2. The van der Waals surface area contributed by atoms with E-state index in [9.17, 15) is 0 Å². The lowest BCUT2D eigenvalue weighted by molar-refractivity contribution is 0.357. The van der Waals surface area contributed by atoms with Gasteiger partial charge in [-0.25, -0.2) is 0 Å². The maximum absolute atomic E-state index is 2.33. The fraction of sp³-hybridized carbons (Fsp3) is 1.00. The number of hydrogen-bond donors (Lipinski definition) is 0. The van der Waals surface area contributed by atoms with E-state index in [-0.39, 0.29) is 0 Å². The van der Waals surface area contributed by atoms with Gasteiger partial charge in [0.25, 0.3) is 0 Å². The van der Waals surface area contributed by atoms with Gasteiger partial charge in [-0.1, -0.05) is 235 Å². The van der Waals surface area contributed by atoms with E-state index in [1.807, 2.05) is 0 Å². The Hall–Kier alpha value is 0. The summed E-state index contributed by atoms with van der Waals surface area (Å²) in [5.74, 6) is 0. The summed E-state index contributed by atoms with van der Waals surface area (Å²) in [6, 6.07) is 0. The Balaban J connectivity index is -0.000000149. The monoisotopic (exact) mass is 641 g/mol. The van der Waals surface area contributed by atoms with Crippen LogP contribution in [-0.4, -0.2) is 0 Å². The van der Waals surface area contributed by atoms with E-state index in [0.717, 1.165) is 0 Å². The minimum absolute atomic E-state index is 0.548.